The van der Waals surface area contributed by atoms with Gasteiger partial charge in [0.2, 0.25) is 0 Å². The molecule has 0 radical (unpaired) electrons. The number of aromatic nitrogens is 2. The largest absolute Gasteiger partial charge is 0.496 e. The van der Waals surface area contributed by atoms with E-state index in [4.69, 9.17) is 9.47 Å². The van der Waals surface area contributed by atoms with Crippen molar-refractivity contribution < 1.29 is 14.3 Å². The van der Waals surface area contributed by atoms with E-state index in [1.807, 2.05) is 55.5 Å². The van der Waals surface area contributed by atoms with Gasteiger partial charge in [-0.25, -0.2) is 9.79 Å². The molecule has 190 valence electrons. The third-order valence-electron chi connectivity index (χ3n) is 6.29. The second-order valence-corrected chi connectivity index (χ2v) is 11.1. The minimum absolute atomic E-state index is 0.234. The number of methoxy groups -OCH3 is 1. The molecule has 0 bridgehead atoms. The van der Waals surface area contributed by atoms with Crippen LogP contribution in [-0.4, -0.2) is 28.7 Å². The Morgan fingerprint density at radius 1 is 1.22 bits per heavy atom. The molecule has 3 heterocycles. The Bertz CT molecular complexity index is 1760. The van der Waals surface area contributed by atoms with E-state index in [0.717, 1.165) is 26.6 Å². The molecule has 2 aromatic heterocycles. The van der Waals surface area contributed by atoms with E-state index < -0.39 is 12.0 Å². The Labute approximate surface area is 225 Å². The number of rotatable bonds is 5. The van der Waals surface area contributed by atoms with Crippen LogP contribution in [0.4, 0.5) is 0 Å². The van der Waals surface area contributed by atoms with Gasteiger partial charge in [0, 0.05) is 32.2 Å². The molecule has 5 rings (SSSR count). The zero-order valence-electron chi connectivity index (χ0n) is 21.1. The van der Waals surface area contributed by atoms with Crippen molar-refractivity contribution in [2.45, 2.75) is 39.8 Å². The number of carbonyl (C=O) groups excluding carboxylic acids is 1. The van der Waals surface area contributed by atoms with Gasteiger partial charge in [0.15, 0.2) is 4.80 Å². The van der Waals surface area contributed by atoms with Crippen LogP contribution in [-0.2, 0) is 9.53 Å². The third kappa shape index (κ3) is 4.46. The van der Waals surface area contributed by atoms with Crippen molar-refractivity contribution in [3.63, 3.8) is 0 Å². The Balaban J connectivity index is 1.79. The van der Waals surface area contributed by atoms with Crippen LogP contribution in [0.5, 0.6) is 5.75 Å². The molecule has 1 aliphatic heterocycles. The van der Waals surface area contributed by atoms with Crippen LogP contribution in [0.25, 0.3) is 17.0 Å². The van der Waals surface area contributed by atoms with E-state index in [9.17, 15) is 9.59 Å². The lowest BCUT2D eigenvalue weighted by molar-refractivity contribution is -0.143. The summed E-state index contributed by atoms with van der Waals surface area (Å²) in [7, 11) is 1.57. The first-order valence-corrected chi connectivity index (χ1v) is 13.4. The monoisotopic (exact) mass is 579 g/mol. The van der Waals surface area contributed by atoms with Gasteiger partial charge >= 0.3 is 5.97 Å². The third-order valence-corrected chi connectivity index (χ3v) is 7.77. The van der Waals surface area contributed by atoms with E-state index >= 15 is 0 Å². The highest BCUT2D eigenvalue weighted by Crippen LogP contribution is 2.37. The molecule has 0 saturated heterocycles. The van der Waals surface area contributed by atoms with Gasteiger partial charge in [-0.15, -0.1) is 0 Å². The molecule has 0 unspecified atom stereocenters. The number of nitrogens with zero attached hydrogens (tertiary/aromatic N) is 2. The molecule has 2 aromatic carbocycles. The zero-order valence-corrected chi connectivity index (χ0v) is 23.5. The number of ether oxygens (including phenoxy) is 2. The summed E-state index contributed by atoms with van der Waals surface area (Å²) in [6.07, 6.45) is 1.57. The standard InChI is InChI=1S/C28H26BrN3O4S/c1-14(2)36-27(34)24-16(4)31-28-32(25(24)20-12-17(29)10-11-22(20)35-5)26(33)23(37-28)13-19-15(3)30-21-9-7-6-8-18(19)21/h6-14,25,30H,1-5H3/b23-13-/t25-/m1/s1. The van der Waals surface area contributed by atoms with Gasteiger partial charge in [-0.1, -0.05) is 45.5 Å². The van der Waals surface area contributed by atoms with Crippen LogP contribution < -0.4 is 19.6 Å². The fourth-order valence-electron chi connectivity index (χ4n) is 4.69. The smallest absolute Gasteiger partial charge is 0.338 e. The Hall–Kier alpha value is -3.43. The number of H-pyrrole nitrogens is 1. The lowest BCUT2D eigenvalue weighted by Crippen LogP contribution is -2.40. The molecule has 1 N–H and O–H groups in total. The van der Waals surface area contributed by atoms with Crippen molar-refractivity contribution in [3.05, 3.63) is 94.7 Å². The fraction of sp³-hybridized carbons (Fsp3) is 0.250. The van der Waals surface area contributed by atoms with Crippen molar-refractivity contribution in [3.8, 4) is 5.75 Å². The minimum Gasteiger partial charge on any atom is -0.496 e. The lowest BCUT2D eigenvalue weighted by atomic mass is 9.95. The average molecular weight is 581 g/mol. The Morgan fingerprint density at radius 2 is 1.97 bits per heavy atom. The summed E-state index contributed by atoms with van der Waals surface area (Å²) in [6, 6.07) is 12.8. The van der Waals surface area contributed by atoms with Crippen molar-refractivity contribution in [1.82, 2.24) is 9.55 Å². The van der Waals surface area contributed by atoms with Gasteiger partial charge in [-0.3, -0.25) is 9.36 Å². The van der Waals surface area contributed by atoms with Crippen LogP contribution in [0.15, 0.2) is 68.0 Å². The Morgan fingerprint density at radius 3 is 2.70 bits per heavy atom. The van der Waals surface area contributed by atoms with E-state index in [1.165, 1.54) is 11.3 Å². The predicted molar refractivity (Wildman–Crippen MR) is 149 cm³/mol. The quantitative estimate of drug-likeness (QED) is 0.346. The number of para-hydroxylation sites is 1. The summed E-state index contributed by atoms with van der Waals surface area (Å²) in [5.74, 6) is 0.0461. The summed E-state index contributed by atoms with van der Waals surface area (Å²) in [6.45, 7) is 7.35. The van der Waals surface area contributed by atoms with Gasteiger partial charge in [-0.05, 0) is 58.0 Å². The van der Waals surface area contributed by atoms with E-state index in [2.05, 4.69) is 25.9 Å². The summed E-state index contributed by atoms with van der Waals surface area (Å²) in [4.78, 5) is 35.9. The maximum absolute atomic E-state index is 14.0. The molecule has 0 fully saturated rings. The van der Waals surface area contributed by atoms with Crippen LogP contribution in [0.1, 0.15) is 43.6 Å². The maximum atomic E-state index is 14.0. The highest BCUT2D eigenvalue weighted by molar-refractivity contribution is 9.10. The van der Waals surface area contributed by atoms with E-state index in [1.54, 1.807) is 32.4 Å². The van der Waals surface area contributed by atoms with Gasteiger partial charge < -0.3 is 14.5 Å². The number of hydrogen-bond acceptors (Lipinski definition) is 6. The summed E-state index contributed by atoms with van der Waals surface area (Å²) >= 11 is 4.83. The number of halogens is 1. The topological polar surface area (TPSA) is 85.7 Å². The van der Waals surface area contributed by atoms with Gasteiger partial charge in [0.25, 0.3) is 5.56 Å². The van der Waals surface area contributed by atoms with E-state index in [0.29, 0.717) is 31.9 Å². The molecule has 1 aliphatic rings. The van der Waals surface area contributed by atoms with Crippen LogP contribution in [0, 0.1) is 6.92 Å². The van der Waals surface area contributed by atoms with Gasteiger partial charge in [0.05, 0.1) is 29.0 Å². The van der Waals surface area contributed by atoms with Crippen molar-refractivity contribution in [2.24, 2.45) is 4.99 Å². The molecule has 7 nitrogen and oxygen atoms in total. The zero-order chi connectivity index (χ0) is 26.4. The first-order chi connectivity index (χ1) is 17.7. The van der Waals surface area contributed by atoms with Crippen LogP contribution in [0.3, 0.4) is 0 Å². The second kappa shape index (κ2) is 9.79. The molecule has 0 saturated carbocycles. The normalized spacial score (nSPS) is 15.8. The second-order valence-electron chi connectivity index (χ2n) is 9.13. The number of allylic oxidation sites excluding steroid dienone is 1. The molecule has 0 spiro atoms. The molecule has 1 atom stereocenters. The number of aryl methyl sites for hydroxylation is 1. The van der Waals surface area contributed by atoms with Gasteiger partial charge in [-0.2, -0.15) is 0 Å². The molecule has 0 amide bonds. The van der Waals surface area contributed by atoms with Crippen LogP contribution in [0.2, 0.25) is 0 Å². The fourth-order valence-corrected chi connectivity index (χ4v) is 6.10. The number of benzene rings is 2. The highest BCUT2D eigenvalue weighted by atomic mass is 79.9. The molecular formula is C28H26BrN3O4S. The molecule has 0 aliphatic carbocycles. The first-order valence-electron chi connectivity index (χ1n) is 11.8. The highest BCUT2D eigenvalue weighted by Gasteiger charge is 2.35. The number of thiazole rings is 1. The maximum Gasteiger partial charge on any atom is 0.338 e. The minimum atomic E-state index is -0.763. The Kier molecular flexibility index (Phi) is 6.68. The predicted octanol–water partition coefficient (Wildman–Crippen LogP) is 4.75. The summed E-state index contributed by atoms with van der Waals surface area (Å²) in [5.41, 5.74) is 4.18. The SMILES string of the molecule is COc1ccc(Br)cc1[C@@H]1C(C(=O)OC(C)C)=C(C)N=c2s/c(=C\c3c(C)[nH]c4ccccc34)c(=O)n21. The first kappa shape index (κ1) is 25.2. The number of hydrogen-bond donors (Lipinski definition) is 1. The van der Waals surface area contributed by atoms with Crippen molar-refractivity contribution in [1.29, 1.82) is 0 Å². The van der Waals surface area contributed by atoms with Gasteiger partial charge in [0.1, 0.15) is 11.8 Å². The number of esters is 1. The number of fused-ring (bicyclic) bond motifs is 2. The number of aromatic amines is 1. The molecular weight excluding hydrogens is 554 g/mol. The molecule has 4 aromatic rings. The summed E-state index contributed by atoms with van der Waals surface area (Å²) in [5, 5.41) is 1.04. The molecule has 37 heavy (non-hydrogen) atoms. The molecule has 9 heteroatoms. The number of carbonyl (C=O) groups is 1. The average Bonchev–Trinajstić information content (AvgIpc) is 3.33. The van der Waals surface area contributed by atoms with Crippen molar-refractivity contribution in [2.75, 3.05) is 7.11 Å². The van der Waals surface area contributed by atoms with Crippen molar-refractivity contribution >= 4 is 50.2 Å². The number of nitrogens with one attached hydrogen (secondary N) is 1. The lowest BCUT2D eigenvalue weighted by Gasteiger charge is -2.26. The summed E-state index contributed by atoms with van der Waals surface area (Å²) < 4.78 is 14.2. The van der Waals surface area contributed by atoms with E-state index in [-0.39, 0.29) is 11.7 Å². The van der Waals surface area contributed by atoms with Crippen LogP contribution >= 0.6 is 27.3 Å².